The van der Waals surface area contributed by atoms with E-state index < -0.39 is 10.9 Å². The summed E-state index contributed by atoms with van der Waals surface area (Å²) in [6, 6.07) is 5.24. The van der Waals surface area contributed by atoms with E-state index in [1.165, 1.54) is 24.3 Å². The molecule has 24 heavy (non-hydrogen) atoms. The maximum atomic E-state index is 11.7. The van der Waals surface area contributed by atoms with Gasteiger partial charge >= 0.3 is 11.9 Å². The van der Waals surface area contributed by atoms with Gasteiger partial charge in [-0.3, -0.25) is 19.7 Å². The van der Waals surface area contributed by atoms with Crippen LogP contribution >= 0.6 is 0 Å². The lowest BCUT2D eigenvalue weighted by Gasteiger charge is -2.19. The standard InChI is InChI=1S/C17H23NO6/c1-4-15(12(2)3)24-17(20)7-5-6-16(19)23-14-10-8-13(9-11-14)18(21)22/h8-12,15H,4-7H2,1-3H3. The molecule has 0 spiro atoms. The predicted molar refractivity (Wildman–Crippen MR) is 87.6 cm³/mol. The molecular formula is C17H23NO6. The first kappa shape index (κ1) is 19.6. The minimum atomic E-state index is -0.530. The number of nitro groups is 1. The summed E-state index contributed by atoms with van der Waals surface area (Å²) < 4.78 is 10.4. The van der Waals surface area contributed by atoms with Crippen molar-refractivity contribution in [1.82, 2.24) is 0 Å². The Morgan fingerprint density at radius 2 is 1.71 bits per heavy atom. The molecule has 0 saturated heterocycles. The molecule has 0 radical (unpaired) electrons. The SMILES string of the molecule is CCC(OC(=O)CCCC(=O)Oc1ccc([N+](=O)[O-])cc1)C(C)C. The Morgan fingerprint density at radius 3 is 2.21 bits per heavy atom. The van der Waals surface area contributed by atoms with Gasteiger partial charge in [0.05, 0.1) is 4.92 Å². The summed E-state index contributed by atoms with van der Waals surface area (Å²) in [5.74, 6) is -0.323. The molecule has 0 aromatic heterocycles. The number of nitrogens with zero attached hydrogens (tertiary/aromatic N) is 1. The van der Waals surface area contributed by atoms with Crippen LogP contribution in [-0.2, 0) is 14.3 Å². The highest BCUT2D eigenvalue weighted by molar-refractivity contribution is 5.74. The Hall–Kier alpha value is -2.44. The fraction of sp³-hybridized carbons (Fsp3) is 0.529. The van der Waals surface area contributed by atoms with E-state index in [4.69, 9.17) is 9.47 Å². The maximum Gasteiger partial charge on any atom is 0.311 e. The fourth-order valence-electron chi connectivity index (χ4n) is 2.11. The molecule has 0 fully saturated rings. The molecule has 7 heteroatoms. The lowest BCUT2D eigenvalue weighted by molar-refractivity contribution is -0.384. The second kappa shape index (κ2) is 9.64. The van der Waals surface area contributed by atoms with Crippen LogP contribution in [0.2, 0.25) is 0 Å². The third-order valence-corrected chi connectivity index (χ3v) is 3.47. The number of carbonyl (C=O) groups excluding carboxylic acids is 2. The van der Waals surface area contributed by atoms with Gasteiger partial charge in [0, 0.05) is 25.0 Å². The van der Waals surface area contributed by atoms with Gasteiger partial charge in [0.25, 0.3) is 5.69 Å². The molecule has 0 aliphatic rings. The highest BCUT2D eigenvalue weighted by Gasteiger charge is 2.16. The molecule has 0 saturated carbocycles. The van der Waals surface area contributed by atoms with E-state index in [-0.39, 0.29) is 42.3 Å². The molecule has 0 heterocycles. The third kappa shape index (κ3) is 6.76. The summed E-state index contributed by atoms with van der Waals surface area (Å²) in [6.45, 7) is 5.94. The first-order chi connectivity index (χ1) is 11.3. The van der Waals surface area contributed by atoms with Gasteiger partial charge in [-0.25, -0.2) is 0 Å². The molecule has 0 aliphatic heterocycles. The first-order valence-corrected chi connectivity index (χ1v) is 7.98. The van der Waals surface area contributed by atoms with Crippen molar-refractivity contribution in [2.45, 2.75) is 52.6 Å². The topological polar surface area (TPSA) is 95.7 Å². The lowest BCUT2D eigenvalue weighted by Crippen LogP contribution is -2.22. The molecule has 1 rings (SSSR count). The largest absolute Gasteiger partial charge is 0.462 e. The number of esters is 2. The van der Waals surface area contributed by atoms with Crippen molar-refractivity contribution in [3.8, 4) is 5.75 Å². The number of rotatable bonds is 9. The summed E-state index contributed by atoms with van der Waals surface area (Å²) in [6.07, 6.45) is 1.21. The highest BCUT2D eigenvalue weighted by Crippen LogP contribution is 2.18. The van der Waals surface area contributed by atoms with Crippen LogP contribution < -0.4 is 4.74 Å². The predicted octanol–water partition coefficient (Wildman–Crippen LogP) is 3.65. The second-order valence-corrected chi connectivity index (χ2v) is 5.76. The average molecular weight is 337 g/mol. The van der Waals surface area contributed by atoms with Crippen LogP contribution in [0.1, 0.15) is 46.5 Å². The molecule has 1 aromatic carbocycles. The van der Waals surface area contributed by atoms with Crippen molar-refractivity contribution in [2.75, 3.05) is 0 Å². The van der Waals surface area contributed by atoms with Gasteiger partial charge in [-0.15, -0.1) is 0 Å². The molecular weight excluding hydrogens is 314 g/mol. The Morgan fingerprint density at radius 1 is 1.12 bits per heavy atom. The molecule has 0 N–H and O–H groups in total. The van der Waals surface area contributed by atoms with E-state index in [9.17, 15) is 19.7 Å². The number of nitro benzene ring substituents is 1. The summed E-state index contributed by atoms with van der Waals surface area (Å²) in [5.41, 5.74) is -0.0758. The van der Waals surface area contributed by atoms with E-state index in [1.807, 2.05) is 20.8 Å². The fourth-order valence-corrected chi connectivity index (χ4v) is 2.11. The van der Waals surface area contributed by atoms with Crippen LogP contribution in [0.15, 0.2) is 24.3 Å². The number of hydrogen-bond donors (Lipinski definition) is 0. The number of ether oxygens (including phenoxy) is 2. The smallest absolute Gasteiger partial charge is 0.311 e. The van der Waals surface area contributed by atoms with Gasteiger partial charge in [0.2, 0.25) is 0 Å². The molecule has 7 nitrogen and oxygen atoms in total. The molecule has 0 amide bonds. The van der Waals surface area contributed by atoms with E-state index in [0.717, 1.165) is 6.42 Å². The van der Waals surface area contributed by atoms with Crippen LogP contribution in [0, 0.1) is 16.0 Å². The van der Waals surface area contributed by atoms with Gasteiger partial charge in [0.15, 0.2) is 0 Å². The first-order valence-electron chi connectivity index (χ1n) is 7.98. The summed E-state index contributed by atoms with van der Waals surface area (Å²) in [5, 5.41) is 10.5. The Bertz CT molecular complexity index is 567. The van der Waals surface area contributed by atoms with Crippen molar-refractivity contribution in [1.29, 1.82) is 0 Å². The van der Waals surface area contributed by atoms with Crippen LogP contribution in [-0.4, -0.2) is 23.0 Å². The zero-order valence-electron chi connectivity index (χ0n) is 14.2. The van der Waals surface area contributed by atoms with Crippen LogP contribution in [0.25, 0.3) is 0 Å². The van der Waals surface area contributed by atoms with Crippen LogP contribution in [0.3, 0.4) is 0 Å². The van der Waals surface area contributed by atoms with Crippen molar-refractivity contribution >= 4 is 17.6 Å². The van der Waals surface area contributed by atoms with Gasteiger partial charge in [-0.1, -0.05) is 20.8 Å². The molecule has 1 aromatic rings. The van der Waals surface area contributed by atoms with Crippen molar-refractivity contribution in [2.24, 2.45) is 5.92 Å². The normalized spacial score (nSPS) is 11.8. The Kier molecular flexibility index (Phi) is 7.88. The van der Waals surface area contributed by atoms with E-state index in [2.05, 4.69) is 0 Å². The second-order valence-electron chi connectivity index (χ2n) is 5.76. The van der Waals surface area contributed by atoms with Gasteiger partial charge in [-0.2, -0.15) is 0 Å². The summed E-state index contributed by atoms with van der Waals surface area (Å²) >= 11 is 0. The molecule has 1 atom stereocenters. The summed E-state index contributed by atoms with van der Waals surface area (Å²) in [4.78, 5) is 33.4. The number of hydrogen-bond acceptors (Lipinski definition) is 6. The number of carbonyl (C=O) groups is 2. The minimum absolute atomic E-state index is 0.0740. The van der Waals surface area contributed by atoms with E-state index in [1.54, 1.807) is 0 Å². The average Bonchev–Trinajstić information content (AvgIpc) is 2.52. The number of non-ortho nitro benzene ring substituents is 1. The van der Waals surface area contributed by atoms with Crippen molar-refractivity contribution in [3.63, 3.8) is 0 Å². The van der Waals surface area contributed by atoms with Gasteiger partial charge < -0.3 is 9.47 Å². The Balaban J connectivity index is 2.33. The Labute approximate surface area is 141 Å². The highest BCUT2D eigenvalue weighted by atomic mass is 16.6. The monoisotopic (exact) mass is 337 g/mol. The van der Waals surface area contributed by atoms with Crippen LogP contribution in [0.4, 0.5) is 5.69 Å². The quantitative estimate of drug-likeness (QED) is 0.295. The molecule has 1 unspecified atom stereocenters. The summed E-state index contributed by atoms with van der Waals surface area (Å²) in [7, 11) is 0. The molecule has 132 valence electrons. The van der Waals surface area contributed by atoms with E-state index >= 15 is 0 Å². The lowest BCUT2D eigenvalue weighted by atomic mass is 10.1. The molecule has 0 aliphatic carbocycles. The minimum Gasteiger partial charge on any atom is -0.462 e. The zero-order chi connectivity index (χ0) is 18.1. The van der Waals surface area contributed by atoms with Gasteiger partial charge in [0.1, 0.15) is 11.9 Å². The van der Waals surface area contributed by atoms with Crippen LogP contribution in [0.5, 0.6) is 5.75 Å². The van der Waals surface area contributed by atoms with Crippen molar-refractivity contribution < 1.29 is 24.0 Å². The zero-order valence-corrected chi connectivity index (χ0v) is 14.2. The third-order valence-electron chi connectivity index (χ3n) is 3.47. The maximum absolute atomic E-state index is 11.7. The van der Waals surface area contributed by atoms with Crippen molar-refractivity contribution in [3.05, 3.63) is 34.4 Å². The van der Waals surface area contributed by atoms with Gasteiger partial charge in [-0.05, 0) is 30.9 Å². The van der Waals surface area contributed by atoms with E-state index in [0.29, 0.717) is 6.42 Å². The number of benzene rings is 1. The molecule has 0 bridgehead atoms.